The third kappa shape index (κ3) is 3.65. The van der Waals surface area contributed by atoms with Gasteiger partial charge in [-0.15, -0.1) is 0 Å². The van der Waals surface area contributed by atoms with Crippen molar-refractivity contribution in [1.29, 1.82) is 0 Å². The van der Waals surface area contributed by atoms with E-state index in [-0.39, 0.29) is 10.9 Å². The van der Waals surface area contributed by atoms with Crippen molar-refractivity contribution in [3.05, 3.63) is 42.7 Å². The molecule has 0 amide bonds. The molecule has 7 nitrogen and oxygen atoms in total. The monoisotopic (exact) mass is 348 g/mol. The minimum atomic E-state index is -3.51. The van der Waals surface area contributed by atoms with Crippen molar-refractivity contribution in [2.75, 3.05) is 24.6 Å². The topological polar surface area (TPSA) is 84.4 Å². The number of sulfonamides is 1. The molecule has 128 valence electrons. The van der Waals surface area contributed by atoms with Crippen LogP contribution in [0.3, 0.4) is 0 Å². The van der Waals surface area contributed by atoms with Gasteiger partial charge in [-0.1, -0.05) is 18.2 Å². The highest BCUT2D eigenvalue weighted by atomic mass is 32.2. The average Bonchev–Trinajstić information content (AvgIpc) is 3.04. The number of rotatable bonds is 6. The van der Waals surface area contributed by atoms with Crippen molar-refractivity contribution in [3.63, 3.8) is 0 Å². The van der Waals surface area contributed by atoms with Gasteiger partial charge in [0, 0.05) is 31.5 Å². The summed E-state index contributed by atoms with van der Waals surface area (Å²) in [6.45, 7) is 3.62. The second-order valence-corrected chi connectivity index (χ2v) is 7.20. The normalized spacial score (nSPS) is 17.9. The summed E-state index contributed by atoms with van der Waals surface area (Å²) in [5, 5.41) is 0. The third-order valence-electron chi connectivity index (χ3n) is 3.79. The Labute approximate surface area is 141 Å². The number of nitrogens with zero attached hydrogens (tertiary/aromatic N) is 3. The first-order valence-corrected chi connectivity index (χ1v) is 9.34. The van der Waals surface area contributed by atoms with Crippen LogP contribution in [0.1, 0.15) is 13.3 Å². The van der Waals surface area contributed by atoms with E-state index in [1.807, 2.05) is 11.8 Å². The van der Waals surface area contributed by atoms with Crippen LogP contribution in [-0.4, -0.2) is 44.1 Å². The lowest BCUT2D eigenvalue weighted by molar-refractivity contribution is 0.326. The molecule has 1 atom stereocenters. The standard InChI is InChI=1S/C16H20N4O3S/c1-2-23-16-15(17-9-10-18-16)20-11-8-13(12-20)19-24(21,22)14-6-4-3-5-7-14/h3-7,9-10,13,19H,2,8,11-12H2,1H3. The Hall–Kier alpha value is -2.19. The molecule has 1 aliphatic heterocycles. The Morgan fingerprint density at radius 3 is 2.75 bits per heavy atom. The van der Waals surface area contributed by atoms with Gasteiger partial charge in [0.1, 0.15) is 0 Å². The van der Waals surface area contributed by atoms with Crippen LogP contribution < -0.4 is 14.4 Å². The van der Waals surface area contributed by atoms with Crippen LogP contribution in [0.5, 0.6) is 5.88 Å². The number of benzene rings is 1. The highest BCUT2D eigenvalue weighted by molar-refractivity contribution is 7.89. The Morgan fingerprint density at radius 1 is 1.25 bits per heavy atom. The molecule has 24 heavy (non-hydrogen) atoms. The molecule has 0 aliphatic carbocycles. The van der Waals surface area contributed by atoms with Crippen LogP contribution >= 0.6 is 0 Å². The minimum absolute atomic E-state index is 0.174. The molecular formula is C16H20N4O3S. The van der Waals surface area contributed by atoms with Gasteiger partial charge in [-0.2, -0.15) is 0 Å². The van der Waals surface area contributed by atoms with Crippen molar-refractivity contribution < 1.29 is 13.2 Å². The molecule has 0 radical (unpaired) electrons. The van der Waals surface area contributed by atoms with E-state index in [0.29, 0.717) is 37.8 Å². The molecule has 1 fully saturated rings. The molecule has 1 aromatic carbocycles. The smallest absolute Gasteiger partial charge is 0.257 e. The maximum atomic E-state index is 12.4. The molecule has 1 unspecified atom stereocenters. The largest absolute Gasteiger partial charge is 0.475 e. The van der Waals surface area contributed by atoms with E-state index < -0.39 is 10.0 Å². The first kappa shape index (κ1) is 16.7. The zero-order valence-electron chi connectivity index (χ0n) is 13.4. The Kier molecular flexibility index (Phi) is 4.96. The van der Waals surface area contributed by atoms with Crippen LogP contribution in [0.25, 0.3) is 0 Å². The van der Waals surface area contributed by atoms with Crippen molar-refractivity contribution in [3.8, 4) is 5.88 Å². The summed E-state index contributed by atoms with van der Waals surface area (Å²) in [6.07, 6.45) is 3.90. The van der Waals surface area contributed by atoms with Crippen LogP contribution in [0.2, 0.25) is 0 Å². The fourth-order valence-corrected chi connectivity index (χ4v) is 3.99. The number of nitrogens with one attached hydrogen (secondary N) is 1. The number of anilines is 1. The van der Waals surface area contributed by atoms with E-state index >= 15 is 0 Å². The molecular weight excluding hydrogens is 328 g/mol. The number of hydrogen-bond acceptors (Lipinski definition) is 6. The van der Waals surface area contributed by atoms with Crippen LogP contribution in [0, 0.1) is 0 Å². The van der Waals surface area contributed by atoms with Gasteiger partial charge in [0.25, 0.3) is 5.88 Å². The van der Waals surface area contributed by atoms with E-state index in [9.17, 15) is 8.42 Å². The van der Waals surface area contributed by atoms with Crippen molar-refractivity contribution in [1.82, 2.24) is 14.7 Å². The van der Waals surface area contributed by atoms with Crippen molar-refractivity contribution in [2.24, 2.45) is 0 Å². The maximum Gasteiger partial charge on any atom is 0.257 e. The Bertz CT molecular complexity index is 783. The fraction of sp³-hybridized carbons (Fsp3) is 0.375. The molecule has 2 heterocycles. The van der Waals surface area contributed by atoms with Gasteiger partial charge >= 0.3 is 0 Å². The molecule has 0 saturated carbocycles. The predicted octanol–water partition coefficient (Wildman–Crippen LogP) is 1.43. The third-order valence-corrected chi connectivity index (χ3v) is 5.33. The van der Waals surface area contributed by atoms with E-state index in [0.717, 1.165) is 0 Å². The van der Waals surface area contributed by atoms with Gasteiger partial charge in [0.2, 0.25) is 10.0 Å². The Balaban J connectivity index is 1.70. The molecule has 2 aromatic rings. The lowest BCUT2D eigenvalue weighted by Crippen LogP contribution is -2.37. The van der Waals surface area contributed by atoms with E-state index in [1.54, 1.807) is 42.7 Å². The summed E-state index contributed by atoms with van der Waals surface area (Å²) >= 11 is 0. The van der Waals surface area contributed by atoms with Gasteiger partial charge in [0.05, 0.1) is 11.5 Å². The lowest BCUT2D eigenvalue weighted by Gasteiger charge is -2.19. The maximum absolute atomic E-state index is 12.4. The second-order valence-electron chi connectivity index (χ2n) is 5.48. The van der Waals surface area contributed by atoms with E-state index in [1.165, 1.54) is 0 Å². The predicted molar refractivity (Wildman–Crippen MR) is 90.6 cm³/mol. The molecule has 1 aliphatic rings. The molecule has 3 rings (SSSR count). The summed E-state index contributed by atoms with van der Waals surface area (Å²) in [7, 11) is -3.51. The first-order valence-electron chi connectivity index (χ1n) is 7.86. The van der Waals surface area contributed by atoms with Gasteiger partial charge in [-0.25, -0.2) is 23.1 Å². The first-order chi connectivity index (χ1) is 11.6. The second kappa shape index (κ2) is 7.14. The SMILES string of the molecule is CCOc1nccnc1N1CCC(NS(=O)(=O)c2ccccc2)C1. The summed E-state index contributed by atoms with van der Waals surface area (Å²) in [5.41, 5.74) is 0. The molecule has 1 saturated heterocycles. The molecule has 8 heteroatoms. The summed E-state index contributed by atoms with van der Waals surface area (Å²) in [4.78, 5) is 10.8. The van der Waals surface area contributed by atoms with Gasteiger partial charge in [0.15, 0.2) is 5.82 Å². The van der Waals surface area contributed by atoms with E-state index in [4.69, 9.17) is 4.74 Å². The highest BCUT2D eigenvalue weighted by Crippen LogP contribution is 2.26. The van der Waals surface area contributed by atoms with E-state index in [2.05, 4.69) is 14.7 Å². The van der Waals surface area contributed by atoms with Crippen LogP contribution in [0.4, 0.5) is 5.82 Å². The Morgan fingerprint density at radius 2 is 2.00 bits per heavy atom. The molecule has 0 spiro atoms. The molecule has 1 N–H and O–H groups in total. The van der Waals surface area contributed by atoms with Crippen molar-refractivity contribution in [2.45, 2.75) is 24.3 Å². The number of hydrogen-bond donors (Lipinski definition) is 1. The summed E-state index contributed by atoms with van der Waals surface area (Å²) in [5.74, 6) is 1.13. The van der Waals surface area contributed by atoms with Crippen LogP contribution in [0.15, 0.2) is 47.6 Å². The lowest BCUT2D eigenvalue weighted by atomic mass is 10.3. The fourth-order valence-electron chi connectivity index (χ4n) is 2.71. The highest BCUT2D eigenvalue weighted by Gasteiger charge is 2.29. The minimum Gasteiger partial charge on any atom is -0.475 e. The number of aromatic nitrogens is 2. The van der Waals surface area contributed by atoms with Gasteiger partial charge in [-0.3, -0.25) is 0 Å². The number of ether oxygens (including phenoxy) is 1. The quantitative estimate of drug-likeness (QED) is 0.850. The zero-order valence-corrected chi connectivity index (χ0v) is 14.2. The van der Waals surface area contributed by atoms with Gasteiger partial charge < -0.3 is 9.64 Å². The molecule has 0 bridgehead atoms. The van der Waals surface area contributed by atoms with Crippen molar-refractivity contribution >= 4 is 15.8 Å². The van der Waals surface area contributed by atoms with Gasteiger partial charge in [-0.05, 0) is 25.5 Å². The summed E-state index contributed by atoms with van der Waals surface area (Å²) in [6, 6.07) is 8.22. The zero-order chi connectivity index (χ0) is 17.0. The molecule has 1 aromatic heterocycles. The van der Waals surface area contributed by atoms with Crippen LogP contribution in [-0.2, 0) is 10.0 Å². The average molecular weight is 348 g/mol. The summed E-state index contributed by atoms with van der Waals surface area (Å²) < 4.78 is 33.1.